The SMILES string of the molecule is CC1CCC(O)(C(O)C2CCCCCC2)CC1. The van der Waals surface area contributed by atoms with Gasteiger partial charge in [0.05, 0.1) is 11.7 Å². The van der Waals surface area contributed by atoms with E-state index in [0.717, 1.165) is 44.4 Å². The lowest BCUT2D eigenvalue weighted by Crippen LogP contribution is -2.48. The standard InChI is InChI=1S/C15H28O2/c1-12-8-10-15(17,11-9-12)14(16)13-6-4-2-3-5-7-13/h12-14,16-17H,2-11H2,1H3. The zero-order chi connectivity index (χ0) is 12.3. The van der Waals surface area contributed by atoms with Gasteiger partial charge < -0.3 is 10.2 Å². The lowest BCUT2D eigenvalue weighted by molar-refractivity contribution is -0.127. The summed E-state index contributed by atoms with van der Waals surface area (Å²) in [6, 6.07) is 0. The Morgan fingerprint density at radius 3 is 2.00 bits per heavy atom. The van der Waals surface area contributed by atoms with Crippen molar-refractivity contribution in [2.24, 2.45) is 11.8 Å². The van der Waals surface area contributed by atoms with Crippen LogP contribution in [0.25, 0.3) is 0 Å². The van der Waals surface area contributed by atoms with Gasteiger partial charge in [-0.3, -0.25) is 0 Å². The summed E-state index contributed by atoms with van der Waals surface area (Å²) in [6.45, 7) is 2.25. The molecule has 1 atom stereocenters. The summed E-state index contributed by atoms with van der Waals surface area (Å²) in [4.78, 5) is 0. The Morgan fingerprint density at radius 1 is 0.941 bits per heavy atom. The molecule has 2 nitrogen and oxygen atoms in total. The minimum absolute atomic E-state index is 0.343. The molecule has 0 aromatic heterocycles. The van der Waals surface area contributed by atoms with E-state index in [1.54, 1.807) is 0 Å². The summed E-state index contributed by atoms with van der Waals surface area (Å²) < 4.78 is 0. The molecule has 2 aliphatic rings. The van der Waals surface area contributed by atoms with Crippen LogP contribution in [0.15, 0.2) is 0 Å². The van der Waals surface area contributed by atoms with Crippen molar-refractivity contribution in [1.29, 1.82) is 0 Å². The smallest absolute Gasteiger partial charge is 0.0908 e. The Bertz CT molecular complexity index is 223. The predicted molar refractivity (Wildman–Crippen MR) is 69.8 cm³/mol. The van der Waals surface area contributed by atoms with Gasteiger partial charge in [0.1, 0.15) is 0 Å². The average Bonchev–Trinajstić information content (AvgIpc) is 2.61. The fourth-order valence-corrected chi connectivity index (χ4v) is 3.62. The van der Waals surface area contributed by atoms with Gasteiger partial charge in [0, 0.05) is 0 Å². The monoisotopic (exact) mass is 240 g/mol. The van der Waals surface area contributed by atoms with Crippen LogP contribution in [0, 0.1) is 11.8 Å². The van der Waals surface area contributed by atoms with E-state index in [0.29, 0.717) is 5.92 Å². The minimum atomic E-state index is -0.776. The molecule has 0 heterocycles. The molecule has 0 bridgehead atoms. The average molecular weight is 240 g/mol. The van der Waals surface area contributed by atoms with Gasteiger partial charge in [-0.2, -0.15) is 0 Å². The molecule has 2 N–H and O–H groups in total. The van der Waals surface area contributed by atoms with E-state index in [9.17, 15) is 10.2 Å². The molecular formula is C15H28O2. The molecule has 17 heavy (non-hydrogen) atoms. The lowest BCUT2D eigenvalue weighted by Gasteiger charge is -2.41. The van der Waals surface area contributed by atoms with Gasteiger partial charge in [-0.05, 0) is 50.4 Å². The fraction of sp³-hybridized carbons (Fsp3) is 1.00. The molecule has 0 aromatic rings. The van der Waals surface area contributed by atoms with Gasteiger partial charge in [-0.15, -0.1) is 0 Å². The summed E-state index contributed by atoms with van der Waals surface area (Å²) >= 11 is 0. The van der Waals surface area contributed by atoms with Crippen molar-refractivity contribution >= 4 is 0 Å². The van der Waals surface area contributed by atoms with Crippen LogP contribution in [0.4, 0.5) is 0 Å². The summed E-state index contributed by atoms with van der Waals surface area (Å²) in [5.74, 6) is 1.06. The van der Waals surface area contributed by atoms with Crippen LogP contribution in [0.5, 0.6) is 0 Å². The first-order valence-electron chi connectivity index (χ1n) is 7.52. The van der Waals surface area contributed by atoms with Crippen molar-refractivity contribution < 1.29 is 10.2 Å². The van der Waals surface area contributed by atoms with Crippen LogP contribution in [-0.4, -0.2) is 21.9 Å². The van der Waals surface area contributed by atoms with E-state index >= 15 is 0 Å². The third-order valence-electron chi connectivity index (χ3n) is 5.04. The maximum atomic E-state index is 10.7. The third kappa shape index (κ3) is 3.23. The molecule has 0 radical (unpaired) electrons. The Morgan fingerprint density at radius 2 is 1.47 bits per heavy atom. The van der Waals surface area contributed by atoms with Gasteiger partial charge >= 0.3 is 0 Å². The highest BCUT2D eigenvalue weighted by atomic mass is 16.3. The molecule has 0 saturated heterocycles. The van der Waals surface area contributed by atoms with Crippen LogP contribution in [0.3, 0.4) is 0 Å². The third-order valence-corrected chi connectivity index (χ3v) is 5.04. The zero-order valence-electron chi connectivity index (χ0n) is 11.2. The quantitative estimate of drug-likeness (QED) is 0.727. The Balaban J connectivity index is 1.94. The fourth-order valence-electron chi connectivity index (χ4n) is 3.62. The minimum Gasteiger partial charge on any atom is -0.390 e. The van der Waals surface area contributed by atoms with Crippen molar-refractivity contribution in [3.8, 4) is 0 Å². The van der Waals surface area contributed by atoms with Gasteiger partial charge in [0.25, 0.3) is 0 Å². The Labute approximate surface area is 105 Å². The van der Waals surface area contributed by atoms with Crippen LogP contribution in [0.2, 0.25) is 0 Å². The topological polar surface area (TPSA) is 40.5 Å². The van der Waals surface area contributed by atoms with Gasteiger partial charge in [-0.1, -0.05) is 32.6 Å². The maximum absolute atomic E-state index is 10.7. The summed E-state index contributed by atoms with van der Waals surface area (Å²) in [5, 5.41) is 21.2. The van der Waals surface area contributed by atoms with E-state index in [1.807, 2.05) is 0 Å². The normalized spacial score (nSPS) is 38.6. The van der Waals surface area contributed by atoms with E-state index in [4.69, 9.17) is 0 Å². The molecule has 2 fully saturated rings. The van der Waals surface area contributed by atoms with Crippen LogP contribution in [-0.2, 0) is 0 Å². The zero-order valence-corrected chi connectivity index (χ0v) is 11.2. The second kappa shape index (κ2) is 5.71. The maximum Gasteiger partial charge on any atom is 0.0908 e. The molecule has 0 spiro atoms. The Kier molecular flexibility index (Phi) is 4.48. The second-order valence-electron chi connectivity index (χ2n) is 6.48. The highest BCUT2D eigenvalue weighted by Crippen LogP contribution is 2.39. The molecule has 2 saturated carbocycles. The highest BCUT2D eigenvalue weighted by Gasteiger charge is 2.42. The molecule has 1 unspecified atom stereocenters. The van der Waals surface area contributed by atoms with E-state index < -0.39 is 11.7 Å². The number of hydrogen-bond donors (Lipinski definition) is 2. The van der Waals surface area contributed by atoms with Gasteiger partial charge in [-0.25, -0.2) is 0 Å². The largest absolute Gasteiger partial charge is 0.390 e. The number of aliphatic hydroxyl groups is 2. The molecule has 2 heteroatoms. The van der Waals surface area contributed by atoms with Crippen molar-refractivity contribution in [3.63, 3.8) is 0 Å². The molecule has 0 amide bonds. The summed E-state index contributed by atoms with van der Waals surface area (Å²) in [7, 11) is 0. The van der Waals surface area contributed by atoms with E-state index in [-0.39, 0.29) is 0 Å². The molecule has 0 aliphatic heterocycles. The first kappa shape index (κ1) is 13.4. The molecule has 2 rings (SSSR count). The summed E-state index contributed by atoms with van der Waals surface area (Å²) in [6.07, 6.45) is 10.5. The van der Waals surface area contributed by atoms with Crippen LogP contribution in [0.1, 0.15) is 71.1 Å². The predicted octanol–water partition coefficient (Wildman–Crippen LogP) is 3.26. The van der Waals surface area contributed by atoms with Gasteiger partial charge in [0.2, 0.25) is 0 Å². The summed E-state index contributed by atoms with van der Waals surface area (Å²) in [5.41, 5.74) is -0.776. The number of aliphatic hydroxyl groups excluding tert-OH is 1. The van der Waals surface area contributed by atoms with E-state index in [1.165, 1.54) is 25.7 Å². The van der Waals surface area contributed by atoms with Crippen molar-refractivity contribution in [2.45, 2.75) is 82.8 Å². The highest BCUT2D eigenvalue weighted by molar-refractivity contribution is 4.94. The van der Waals surface area contributed by atoms with Crippen molar-refractivity contribution in [2.75, 3.05) is 0 Å². The second-order valence-corrected chi connectivity index (χ2v) is 6.48. The number of rotatable bonds is 2. The molecule has 2 aliphatic carbocycles. The number of hydrogen-bond acceptors (Lipinski definition) is 2. The lowest BCUT2D eigenvalue weighted by atomic mass is 9.72. The van der Waals surface area contributed by atoms with Crippen molar-refractivity contribution in [1.82, 2.24) is 0 Å². The molecular weight excluding hydrogens is 212 g/mol. The molecule has 100 valence electrons. The van der Waals surface area contributed by atoms with E-state index in [2.05, 4.69) is 6.92 Å². The van der Waals surface area contributed by atoms with Crippen molar-refractivity contribution in [3.05, 3.63) is 0 Å². The van der Waals surface area contributed by atoms with Crippen LogP contribution >= 0.6 is 0 Å². The first-order valence-corrected chi connectivity index (χ1v) is 7.52. The van der Waals surface area contributed by atoms with Crippen LogP contribution < -0.4 is 0 Å². The van der Waals surface area contributed by atoms with Gasteiger partial charge in [0.15, 0.2) is 0 Å². The first-order chi connectivity index (χ1) is 8.12. The molecule has 0 aromatic carbocycles. The Hall–Kier alpha value is -0.0800.